The molecule has 2 unspecified atom stereocenters. The molecule has 7 nitrogen and oxygen atoms in total. The van der Waals surface area contributed by atoms with Crippen molar-refractivity contribution in [3.63, 3.8) is 0 Å². The molecule has 0 aliphatic rings. The van der Waals surface area contributed by atoms with Gasteiger partial charge >= 0.3 is 7.82 Å². The lowest BCUT2D eigenvalue weighted by Gasteiger charge is -2.35. The highest BCUT2D eigenvalue weighted by Gasteiger charge is 2.30. The van der Waals surface area contributed by atoms with E-state index < -0.39 is 19.7 Å². The van der Waals surface area contributed by atoms with Crippen LogP contribution in [0.1, 0.15) is 19.8 Å². The summed E-state index contributed by atoms with van der Waals surface area (Å²) < 4.78 is 15.5. The van der Waals surface area contributed by atoms with E-state index in [4.69, 9.17) is 9.79 Å². The molecule has 0 heterocycles. The number of hydrogen-bond donors (Lipinski definition) is 3. The summed E-state index contributed by atoms with van der Waals surface area (Å²) in [5.74, 6) is -0.417. The first-order valence-electron chi connectivity index (χ1n) is 6.23. The Balaban J connectivity index is 4.63. The highest BCUT2D eigenvalue weighted by Crippen LogP contribution is 2.36. The van der Waals surface area contributed by atoms with Crippen molar-refractivity contribution < 1.29 is 33.3 Å². The van der Waals surface area contributed by atoms with E-state index in [0.717, 1.165) is 0 Å². The number of quaternary nitrogens is 1. The van der Waals surface area contributed by atoms with Crippen LogP contribution in [0, 0.1) is 0 Å². The van der Waals surface area contributed by atoms with Gasteiger partial charge in [0, 0.05) is 12.8 Å². The van der Waals surface area contributed by atoms with Crippen LogP contribution in [0.4, 0.5) is 0 Å². The van der Waals surface area contributed by atoms with E-state index >= 15 is 0 Å². The van der Waals surface area contributed by atoms with Gasteiger partial charge in [-0.05, 0) is 12.5 Å². The second-order valence-corrected chi connectivity index (χ2v) is 7.02. The van der Waals surface area contributed by atoms with Crippen LogP contribution in [0.5, 0.6) is 0 Å². The first-order valence-corrected chi connectivity index (χ1v) is 7.76. The first kappa shape index (κ1) is 19.4. The monoisotopic (exact) mass is 310 g/mol. The van der Waals surface area contributed by atoms with Crippen molar-refractivity contribution in [3.05, 3.63) is 12.2 Å². The van der Waals surface area contributed by atoms with Crippen LogP contribution in [0.2, 0.25) is 0 Å². The van der Waals surface area contributed by atoms with E-state index in [2.05, 4.69) is 11.1 Å². The molecule has 0 rings (SSSR count). The molecule has 20 heavy (non-hydrogen) atoms. The van der Waals surface area contributed by atoms with Gasteiger partial charge in [-0.1, -0.05) is 6.58 Å². The summed E-state index contributed by atoms with van der Waals surface area (Å²) in [6.07, 6.45) is -0.667. The zero-order chi connectivity index (χ0) is 16.1. The second kappa shape index (κ2) is 7.45. The number of phosphoric ester groups is 1. The normalized spacial score (nSPS) is 15.8. The lowest BCUT2D eigenvalue weighted by Crippen LogP contribution is -2.48. The van der Waals surface area contributed by atoms with Gasteiger partial charge in [-0.15, -0.1) is 0 Å². The van der Waals surface area contributed by atoms with Crippen molar-refractivity contribution in [2.45, 2.75) is 31.9 Å². The molecule has 0 aliphatic carbocycles. The molecule has 0 aromatic heterocycles. The third kappa shape index (κ3) is 7.89. The van der Waals surface area contributed by atoms with Crippen molar-refractivity contribution in [1.82, 2.24) is 0 Å². The molecule has 0 saturated heterocycles. The van der Waals surface area contributed by atoms with Gasteiger partial charge in [0.15, 0.2) is 5.78 Å². The third-order valence-electron chi connectivity index (χ3n) is 3.02. The summed E-state index contributed by atoms with van der Waals surface area (Å²) in [6.45, 7) is 4.89. The number of aliphatic hydroxyl groups is 1. The van der Waals surface area contributed by atoms with Crippen LogP contribution in [-0.4, -0.2) is 65.1 Å². The zero-order valence-corrected chi connectivity index (χ0v) is 13.3. The molecule has 118 valence electrons. The van der Waals surface area contributed by atoms with E-state index in [1.807, 2.05) is 21.1 Å². The van der Waals surface area contributed by atoms with Crippen molar-refractivity contribution in [2.75, 3.05) is 27.7 Å². The Labute approximate surface area is 119 Å². The number of Topliss-reactive ketones (excluding diaryl/α,β-unsaturated/α-hetero) is 1. The van der Waals surface area contributed by atoms with E-state index in [1.165, 1.54) is 6.92 Å². The fraction of sp³-hybridized carbons (Fsp3) is 0.750. The Hall–Kier alpha value is -0.560. The second-order valence-electron chi connectivity index (χ2n) is 5.78. The molecule has 0 aromatic carbocycles. The molecule has 0 saturated carbocycles. The minimum absolute atomic E-state index is 0.140. The smallest absolute Gasteiger partial charge is 0.385 e. The highest BCUT2D eigenvalue weighted by atomic mass is 31.2. The number of nitrogens with zero attached hydrogens (tertiary/aromatic N) is 1. The molecule has 0 spiro atoms. The van der Waals surface area contributed by atoms with Gasteiger partial charge in [-0.3, -0.25) is 9.32 Å². The maximum Gasteiger partial charge on any atom is 0.469 e. The molecule has 8 heteroatoms. The lowest BCUT2D eigenvalue weighted by molar-refractivity contribution is -0.897. The standard InChI is InChI=1S/C12H24NO6P/c1-9(2)12(15)11(14)8-10(13(3,4)5)6-7-19-20(16,17)18/h10-11,14H,1,6-8H2,2-5H3,(H-,16,17,18)/p+1. The van der Waals surface area contributed by atoms with Crippen LogP contribution < -0.4 is 0 Å². The van der Waals surface area contributed by atoms with Crippen LogP contribution in [0.3, 0.4) is 0 Å². The Kier molecular flexibility index (Phi) is 7.24. The predicted octanol–water partition coefficient (Wildman–Crippen LogP) is 0.457. The zero-order valence-electron chi connectivity index (χ0n) is 12.4. The molecule has 0 amide bonds. The molecule has 0 radical (unpaired) electrons. The fourth-order valence-corrected chi connectivity index (χ4v) is 2.12. The quantitative estimate of drug-likeness (QED) is 0.325. The average molecular weight is 310 g/mol. The van der Waals surface area contributed by atoms with Gasteiger partial charge in [0.25, 0.3) is 0 Å². The Morgan fingerprint density at radius 2 is 1.85 bits per heavy atom. The van der Waals surface area contributed by atoms with Gasteiger partial charge in [-0.25, -0.2) is 4.57 Å². The predicted molar refractivity (Wildman–Crippen MR) is 74.9 cm³/mol. The summed E-state index contributed by atoms with van der Waals surface area (Å²) in [4.78, 5) is 28.9. The van der Waals surface area contributed by atoms with Crippen molar-refractivity contribution >= 4 is 13.6 Å². The molecule has 0 aromatic rings. The summed E-state index contributed by atoms with van der Waals surface area (Å²) in [7, 11) is 1.13. The van der Waals surface area contributed by atoms with Crippen LogP contribution >= 0.6 is 7.82 Å². The molecular weight excluding hydrogens is 285 g/mol. The largest absolute Gasteiger partial charge is 0.469 e. The van der Waals surface area contributed by atoms with E-state index in [0.29, 0.717) is 10.9 Å². The molecule has 0 bridgehead atoms. The van der Waals surface area contributed by atoms with E-state index in [9.17, 15) is 14.5 Å². The van der Waals surface area contributed by atoms with Crippen LogP contribution in [-0.2, 0) is 13.9 Å². The summed E-state index contributed by atoms with van der Waals surface area (Å²) in [5, 5.41) is 9.87. The number of aliphatic hydroxyl groups excluding tert-OH is 1. The molecule has 0 aliphatic heterocycles. The number of hydrogen-bond acceptors (Lipinski definition) is 4. The van der Waals surface area contributed by atoms with Crippen LogP contribution in [0.25, 0.3) is 0 Å². The van der Waals surface area contributed by atoms with Crippen molar-refractivity contribution in [3.8, 4) is 0 Å². The maximum atomic E-state index is 11.6. The SMILES string of the molecule is C=C(C)C(=O)C(O)CC(CCOP(=O)(O)O)[N+](C)(C)C. The van der Waals surface area contributed by atoms with E-state index in [-0.39, 0.29) is 24.6 Å². The van der Waals surface area contributed by atoms with E-state index in [1.54, 1.807) is 0 Å². The minimum atomic E-state index is -4.49. The molecule has 2 atom stereocenters. The minimum Gasteiger partial charge on any atom is -0.385 e. The highest BCUT2D eigenvalue weighted by molar-refractivity contribution is 7.46. The number of rotatable bonds is 9. The van der Waals surface area contributed by atoms with Gasteiger partial charge in [-0.2, -0.15) is 0 Å². The molecular formula is C12H25NO6P+. The molecule has 3 N–H and O–H groups in total. The van der Waals surface area contributed by atoms with Gasteiger partial charge < -0.3 is 19.4 Å². The van der Waals surface area contributed by atoms with Gasteiger partial charge in [0.2, 0.25) is 0 Å². The Morgan fingerprint density at radius 3 is 2.20 bits per heavy atom. The third-order valence-corrected chi connectivity index (χ3v) is 3.54. The molecule has 0 fully saturated rings. The van der Waals surface area contributed by atoms with Crippen LogP contribution in [0.15, 0.2) is 12.2 Å². The van der Waals surface area contributed by atoms with Gasteiger partial charge in [0.1, 0.15) is 6.10 Å². The average Bonchev–Trinajstić information content (AvgIpc) is 2.23. The Bertz CT molecular complexity index is 397. The number of carbonyl (C=O) groups excluding carboxylic acids is 1. The summed E-state index contributed by atoms with van der Waals surface area (Å²) >= 11 is 0. The summed E-state index contributed by atoms with van der Waals surface area (Å²) in [5.41, 5.74) is 0.282. The number of phosphoric acid groups is 1. The first-order chi connectivity index (χ1) is 8.84. The number of ketones is 1. The maximum absolute atomic E-state index is 11.6. The lowest BCUT2D eigenvalue weighted by atomic mass is 9.98. The van der Waals surface area contributed by atoms with Crippen molar-refractivity contribution in [1.29, 1.82) is 0 Å². The topological polar surface area (TPSA) is 104 Å². The fourth-order valence-electron chi connectivity index (χ4n) is 1.78. The number of carbonyl (C=O) groups is 1. The Morgan fingerprint density at radius 1 is 1.35 bits per heavy atom. The summed E-state index contributed by atoms with van der Waals surface area (Å²) in [6, 6.07) is -0.181. The van der Waals surface area contributed by atoms with Crippen molar-refractivity contribution in [2.24, 2.45) is 0 Å². The van der Waals surface area contributed by atoms with Gasteiger partial charge in [0.05, 0.1) is 33.8 Å².